The van der Waals surface area contributed by atoms with Gasteiger partial charge in [-0.1, -0.05) is 17.6 Å². The summed E-state index contributed by atoms with van der Waals surface area (Å²) >= 11 is 0. The third-order valence-electron chi connectivity index (χ3n) is 2.34. The lowest BCUT2D eigenvalue weighted by atomic mass is 9.96. The summed E-state index contributed by atoms with van der Waals surface area (Å²) in [5, 5.41) is 0. The summed E-state index contributed by atoms with van der Waals surface area (Å²) in [4.78, 5) is 2.39. The normalized spacial score (nSPS) is 16.8. The Morgan fingerprint density at radius 2 is 1.92 bits per heavy atom. The van der Waals surface area contributed by atoms with Crippen molar-refractivity contribution < 1.29 is 0 Å². The van der Waals surface area contributed by atoms with Crippen molar-refractivity contribution in [1.82, 2.24) is 0 Å². The molecule has 1 saturated heterocycles. The SMILES string of the molecule is [B]c1cccc(N2CCCC2)c1. The van der Waals surface area contributed by atoms with Gasteiger partial charge >= 0.3 is 0 Å². The van der Waals surface area contributed by atoms with Crippen LogP contribution >= 0.6 is 0 Å². The molecule has 12 heavy (non-hydrogen) atoms. The number of rotatable bonds is 1. The fraction of sp³-hybridized carbons (Fsp3) is 0.400. The van der Waals surface area contributed by atoms with Gasteiger partial charge in [0, 0.05) is 18.8 Å². The van der Waals surface area contributed by atoms with Crippen LogP contribution in [0.2, 0.25) is 0 Å². The van der Waals surface area contributed by atoms with Crippen LogP contribution in [0.3, 0.4) is 0 Å². The van der Waals surface area contributed by atoms with E-state index in [1.165, 1.54) is 31.6 Å². The van der Waals surface area contributed by atoms with Crippen molar-refractivity contribution in [2.75, 3.05) is 18.0 Å². The summed E-state index contributed by atoms with van der Waals surface area (Å²) in [5.74, 6) is 0. The van der Waals surface area contributed by atoms with E-state index in [-0.39, 0.29) is 0 Å². The molecule has 1 aromatic carbocycles. The zero-order valence-electron chi connectivity index (χ0n) is 7.16. The second-order valence-electron chi connectivity index (χ2n) is 3.29. The average molecular weight is 157 g/mol. The van der Waals surface area contributed by atoms with Crippen LogP contribution in [0.15, 0.2) is 24.3 Å². The Bertz CT molecular complexity index is 266. The number of hydrogen-bond acceptors (Lipinski definition) is 1. The molecule has 0 saturated carbocycles. The fourth-order valence-electron chi connectivity index (χ4n) is 1.70. The van der Waals surface area contributed by atoms with Gasteiger partial charge in [-0.2, -0.15) is 0 Å². The first-order chi connectivity index (χ1) is 5.86. The standard InChI is InChI=1S/C10H12BN/c11-9-4-3-5-10(8-9)12-6-1-2-7-12/h3-5,8H,1-2,6-7H2. The van der Waals surface area contributed by atoms with E-state index in [1.807, 2.05) is 18.2 Å². The minimum atomic E-state index is 0.861. The Morgan fingerprint density at radius 1 is 1.17 bits per heavy atom. The van der Waals surface area contributed by atoms with E-state index in [4.69, 9.17) is 7.85 Å². The molecule has 1 fully saturated rings. The topological polar surface area (TPSA) is 3.24 Å². The van der Waals surface area contributed by atoms with E-state index < -0.39 is 0 Å². The molecule has 1 aromatic rings. The Morgan fingerprint density at radius 3 is 2.58 bits per heavy atom. The molecule has 0 amide bonds. The third-order valence-corrected chi connectivity index (χ3v) is 2.34. The number of nitrogens with zero attached hydrogens (tertiary/aromatic N) is 1. The Kier molecular flexibility index (Phi) is 2.07. The molecule has 0 aliphatic carbocycles. The van der Waals surface area contributed by atoms with Crippen LogP contribution in [0, 0.1) is 0 Å². The molecule has 60 valence electrons. The van der Waals surface area contributed by atoms with Gasteiger partial charge in [-0.3, -0.25) is 0 Å². The quantitative estimate of drug-likeness (QED) is 0.551. The molecule has 0 aromatic heterocycles. The predicted molar refractivity (Wildman–Crippen MR) is 53.3 cm³/mol. The van der Waals surface area contributed by atoms with E-state index in [0.717, 1.165) is 5.46 Å². The Hall–Kier alpha value is -0.915. The molecule has 1 aliphatic rings. The van der Waals surface area contributed by atoms with E-state index in [9.17, 15) is 0 Å². The molecule has 1 heterocycles. The first-order valence-corrected chi connectivity index (χ1v) is 4.47. The smallest absolute Gasteiger partial charge is 0.113 e. The number of anilines is 1. The van der Waals surface area contributed by atoms with Crippen molar-refractivity contribution in [3.05, 3.63) is 24.3 Å². The summed E-state index contributed by atoms with van der Waals surface area (Å²) in [6.45, 7) is 2.37. The third kappa shape index (κ3) is 1.47. The van der Waals surface area contributed by atoms with Crippen LogP contribution in [0.4, 0.5) is 5.69 Å². The summed E-state index contributed by atoms with van der Waals surface area (Å²) in [6.07, 6.45) is 2.63. The van der Waals surface area contributed by atoms with Crippen LogP contribution in [0.1, 0.15) is 12.8 Å². The van der Waals surface area contributed by atoms with Crippen molar-refractivity contribution in [2.24, 2.45) is 0 Å². The maximum Gasteiger partial charge on any atom is 0.113 e. The zero-order chi connectivity index (χ0) is 8.39. The fourth-order valence-corrected chi connectivity index (χ4v) is 1.70. The van der Waals surface area contributed by atoms with Gasteiger partial charge in [0.1, 0.15) is 7.85 Å². The number of benzene rings is 1. The van der Waals surface area contributed by atoms with Gasteiger partial charge in [0.2, 0.25) is 0 Å². The lowest BCUT2D eigenvalue weighted by molar-refractivity contribution is 0.949. The van der Waals surface area contributed by atoms with Gasteiger partial charge in [0.15, 0.2) is 0 Å². The van der Waals surface area contributed by atoms with Crippen molar-refractivity contribution in [1.29, 1.82) is 0 Å². The van der Waals surface area contributed by atoms with Crippen LogP contribution in [-0.4, -0.2) is 20.9 Å². The van der Waals surface area contributed by atoms with Gasteiger partial charge in [0.05, 0.1) is 0 Å². The lowest BCUT2D eigenvalue weighted by Crippen LogP contribution is -2.19. The monoisotopic (exact) mass is 157 g/mol. The van der Waals surface area contributed by atoms with E-state index in [1.54, 1.807) is 0 Å². The lowest BCUT2D eigenvalue weighted by Gasteiger charge is -2.17. The molecule has 2 rings (SSSR count). The molecular formula is C10H12BN. The Labute approximate surface area is 74.8 Å². The highest BCUT2D eigenvalue weighted by atomic mass is 15.1. The largest absolute Gasteiger partial charge is 0.372 e. The molecule has 1 aliphatic heterocycles. The second kappa shape index (κ2) is 3.22. The highest BCUT2D eigenvalue weighted by Crippen LogP contribution is 2.17. The van der Waals surface area contributed by atoms with Crippen molar-refractivity contribution in [3.8, 4) is 0 Å². The van der Waals surface area contributed by atoms with Gasteiger partial charge in [-0.25, -0.2) is 0 Å². The predicted octanol–water partition coefficient (Wildman–Crippen LogP) is 1.08. The van der Waals surface area contributed by atoms with Crippen LogP contribution in [-0.2, 0) is 0 Å². The summed E-state index contributed by atoms with van der Waals surface area (Å²) < 4.78 is 0. The first kappa shape index (κ1) is 7.72. The highest BCUT2D eigenvalue weighted by molar-refractivity contribution is 6.32. The minimum absolute atomic E-state index is 0.861. The molecule has 0 bridgehead atoms. The maximum absolute atomic E-state index is 5.70. The van der Waals surface area contributed by atoms with Gasteiger partial charge in [-0.15, -0.1) is 0 Å². The minimum Gasteiger partial charge on any atom is -0.372 e. The van der Waals surface area contributed by atoms with E-state index in [0.29, 0.717) is 0 Å². The number of hydrogen-bond donors (Lipinski definition) is 0. The second-order valence-corrected chi connectivity index (χ2v) is 3.29. The molecule has 2 heteroatoms. The molecule has 2 radical (unpaired) electrons. The molecule has 0 unspecified atom stereocenters. The van der Waals surface area contributed by atoms with Crippen molar-refractivity contribution in [2.45, 2.75) is 12.8 Å². The maximum atomic E-state index is 5.70. The van der Waals surface area contributed by atoms with Gasteiger partial charge in [-0.05, 0) is 25.0 Å². The summed E-state index contributed by atoms with van der Waals surface area (Å²) in [6, 6.07) is 8.12. The van der Waals surface area contributed by atoms with Crippen molar-refractivity contribution >= 4 is 19.0 Å². The molecule has 1 nitrogen and oxygen atoms in total. The molecule has 0 N–H and O–H groups in total. The van der Waals surface area contributed by atoms with Crippen molar-refractivity contribution in [3.63, 3.8) is 0 Å². The van der Waals surface area contributed by atoms with E-state index in [2.05, 4.69) is 11.0 Å². The highest BCUT2D eigenvalue weighted by Gasteiger charge is 2.11. The molecular weight excluding hydrogens is 145 g/mol. The van der Waals surface area contributed by atoms with Crippen LogP contribution in [0.5, 0.6) is 0 Å². The Balaban J connectivity index is 2.21. The first-order valence-electron chi connectivity index (χ1n) is 4.47. The van der Waals surface area contributed by atoms with Crippen LogP contribution in [0.25, 0.3) is 0 Å². The molecule has 0 atom stereocenters. The van der Waals surface area contributed by atoms with Crippen LogP contribution < -0.4 is 10.4 Å². The van der Waals surface area contributed by atoms with E-state index >= 15 is 0 Å². The average Bonchev–Trinajstić information content (AvgIpc) is 2.56. The summed E-state index contributed by atoms with van der Waals surface area (Å²) in [7, 11) is 5.70. The van der Waals surface area contributed by atoms with Gasteiger partial charge < -0.3 is 4.90 Å². The summed E-state index contributed by atoms with van der Waals surface area (Å²) in [5.41, 5.74) is 2.13. The zero-order valence-corrected chi connectivity index (χ0v) is 7.16. The van der Waals surface area contributed by atoms with Gasteiger partial charge in [0.25, 0.3) is 0 Å². The molecule has 0 spiro atoms.